The molecule has 0 saturated heterocycles. The molecule has 0 aliphatic heterocycles. The largest absolute Gasteiger partial charge is 0.497 e. The lowest BCUT2D eigenvalue weighted by molar-refractivity contribution is 0.414. The molecular formula is C28H33N8O2S2Si-. The summed E-state index contributed by atoms with van der Waals surface area (Å²) in [5, 5.41) is 23.2. The fourth-order valence-electron chi connectivity index (χ4n) is 2.91. The molecule has 10 nitrogen and oxygen atoms in total. The van der Waals surface area contributed by atoms with E-state index in [1.807, 2.05) is 78.9 Å². The minimum atomic E-state index is -1.39. The van der Waals surface area contributed by atoms with Gasteiger partial charge in [0.2, 0.25) is 0 Å². The molecule has 0 spiro atoms. The fraction of sp³-hybridized carbons (Fsp3) is 0.214. The van der Waals surface area contributed by atoms with E-state index in [1.54, 1.807) is 38.0 Å². The average Bonchev–Trinajstić information content (AvgIpc) is 3.75. The van der Waals surface area contributed by atoms with Crippen molar-refractivity contribution in [1.29, 1.82) is 5.53 Å². The highest BCUT2D eigenvalue weighted by atomic mass is 32.1. The van der Waals surface area contributed by atoms with Crippen LogP contribution in [0.4, 0.5) is 0 Å². The Hall–Kier alpha value is -4.38. The van der Waals surface area contributed by atoms with Crippen LogP contribution in [-0.4, -0.2) is 47.8 Å². The van der Waals surface area contributed by atoms with Crippen molar-refractivity contribution in [3.05, 3.63) is 87.3 Å². The Morgan fingerprint density at radius 2 is 1.41 bits per heavy atom. The van der Waals surface area contributed by atoms with Gasteiger partial charge in [0.05, 0.1) is 22.5 Å². The molecule has 0 aliphatic carbocycles. The lowest BCUT2D eigenvalue weighted by Gasteiger charge is -2.19. The number of nitrogens with one attached hydrogen (secondary N) is 2. The second kappa shape index (κ2) is 16.7. The molecular weight excluding hydrogens is 573 g/mol. The van der Waals surface area contributed by atoms with Crippen LogP contribution >= 0.6 is 22.7 Å². The normalized spacial score (nSPS) is 9.78. The number of aromatic nitrogens is 5. The molecule has 41 heavy (non-hydrogen) atoms. The molecule has 2 aromatic carbocycles. The van der Waals surface area contributed by atoms with Gasteiger partial charge in [-0.2, -0.15) is 15.4 Å². The van der Waals surface area contributed by atoms with Crippen LogP contribution in [0.15, 0.2) is 76.9 Å². The minimum absolute atomic E-state index is 0. The third-order valence-corrected chi connectivity index (χ3v) is 6.90. The molecule has 3 aromatic heterocycles. The highest BCUT2D eigenvalue weighted by molar-refractivity contribution is 7.13. The molecule has 0 amide bonds. The van der Waals surface area contributed by atoms with Crippen molar-refractivity contribution in [3.8, 4) is 45.3 Å². The molecule has 0 bridgehead atoms. The van der Waals surface area contributed by atoms with E-state index in [0.29, 0.717) is 0 Å². The SMILES string of the molecule is C.COc1ccc(-c2n[nH]nc2-c2nccs2)cc1.COc1ccc(C#Cc2nccs2)cc1.C[Si](C)(C)[N-]N=N. The van der Waals surface area contributed by atoms with Crippen molar-refractivity contribution in [2.45, 2.75) is 27.1 Å². The van der Waals surface area contributed by atoms with E-state index in [0.717, 1.165) is 44.0 Å². The zero-order valence-electron chi connectivity index (χ0n) is 22.7. The van der Waals surface area contributed by atoms with Crippen LogP contribution in [0, 0.1) is 17.4 Å². The third kappa shape index (κ3) is 11.0. The summed E-state index contributed by atoms with van der Waals surface area (Å²) in [5.41, 5.74) is 9.87. The Kier molecular flexibility index (Phi) is 13.3. The molecule has 5 aromatic rings. The van der Waals surface area contributed by atoms with E-state index in [4.69, 9.17) is 15.0 Å². The van der Waals surface area contributed by atoms with Gasteiger partial charge in [-0.05, 0) is 54.5 Å². The number of rotatable bonds is 6. The molecule has 5 rings (SSSR count). The van der Waals surface area contributed by atoms with Crippen molar-refractivity contribution in [1.82, 2.24) is 25.4 Å². The molecule has 13 heteroatoms. The Bertz CT molecular complexity index is 1490. The van der Waals surface area contributed by atoms with Crippen LogP contribution in [0.1, 0.15) is 18.0 Å². The Morgan fingerprint density at radius 1 is 0.829 bits per heavy atom. The van der Waals surface area contributed by atoms with Crippen molar-refractivity contribution in [3.63, 3.8) is 0 Å². The summed E-state index contributed by atoms with van der Waals surface area (Å²) >= 11 is 3.08. The quantitative estimate of drug-likeness (QED) is 0.0873. The first kappa shape index (κ1) is 32.8. The number of H-pyrrole nitrogens is 1. The first-order chi connectivity index (χ1) is 19.3. The predicted octanol–water partition coefficient (Wildman–Crippen LogP) is 7.93. The van der Waals surface area contributed by atoms with E-state index in [2.05, 4.69) is 47.5 Å². The molecule has 0 radical (unpaired) electrons. The first-order valence-electron chi connectivity index (χ1n) is 11.9. The van der Waals surface area contributed by atoms with Gasteiger partial charge in [-0.25, -0.2) is 9.97 Å². The smallest absolute Gasteiger partial charge is 0.167 e. The highest BCUT2D eigenvalue weighted by Gasteiger charge is 2.14. The topological polar surface area (TPSA) is 136 Å². The van der Waals surface area contributed by atoms with Gasteiger partial charge in [-0.1, -0.05) is 33.0 Å². The third-order valence-electron chi connectivity index (χ3n) is 4.73. The summed E-state index contributed by atoms with van der Waals surface area (Å²) < 4.78 is 10.2. The van der Waals surface area contributed by atoms with Gasteiger partial charge < -0.3 is 20.1 Å². The van der Waals surface area contributed by atoms with Gasteiger partial charge in [0.15, 0.2) is 5.01 Å². The number of nitrogens with zero attached hydrogens (tertiary/aromatic N) is 6. The maximum absolute atomic E-state index is 6.35. The van der Waals surface area contributed by atoms with Gasteiger partial charge in [0.25, 0.3) is 0 Å². The van der Waals surface area contributed by atoms with Crippen molar-refractivity contribution in [2.24, 2.45) is 5.22 Å². The van der Waals surface area contributed by atoms with Crippen molar-refractivity contribution >= 4 is 30.9 Å². The molecule has 0 atom stereocenters. The second-order valence-corrected chi connectivity index (χ2v) is 15.1. The van der Waals surface area contributed by atoms with E-state index in [1.165, 1.54) is 11.3 Å². The lowest BCUT2D eigenvalue weighted by Crippen LogP contribution is -2.15. The lowest BCUT2D eigenvalue weighted by atomic mass is 10.1. The maximum atomic E-state index is 6.35. The molecule has 0 fully saturated rings. The van der Waals surface area contributed by atoms with E-state index in [9.17, 15) is 0 Å². The highest BCUT2D eigenvalue weighted by Crippen LogP contribution is 2.30. The summed E-state index contributed by atoms with van der Waals surface area (Å²) in [6.07, 6.45) is 3.51. The van der Waals surface area contributed by atoms with Crippen molar-refractivity contribution < 1.29 is 9.47 Å². The van der Waals surface area contributed by atoms with Crippen LogP contribution in [0.25, 0.3) is 27.1 Å². The zero-order valence-corrected chi connectivity index (χ0v) is 25.4. The molecule has 3 heterocycles. The zero-order chi connectivity index (χ0) is 28.8. The fourth-order valence-corrected chi connectivity index (χ4v) is 4.31. The summed E-state index contributed by atoms with van der Waals surface area (Å²) in [4.78, 5) is 8.34. The molecule has 2 N–H and O–H groups in total. The van der Waals surface area contributed by atoms with E-state index < -0.39 is 8.24 Å². The maximum Gasteiger partial charge on any atom is 0.167 e. The minimum Gasteiger partial charge on any atom is -0.497 e. The Balaban J connectivity index is 0.000000233. The van der Waals surface area contributed by atoms with Gasteiger partial charge in [0, 0.05) is 34.3 Å². The van der Waals surface area contributed by atoms with Crippen LogP contribution in [0.5, 0.6) is 11.5 Å². The van der Waals surface area contributed by atoms with Gasteiger partial charge in [0.1, 0.15) is 27.9 Å². The molecule has 214 valence electrons. The van der Waals surface area contributed by atoms with E-state index in [-0.39, 0.29) is 7.43 Å². The van der Waals surface area contributed by atoms with Crippen LogP contribution in [0.2, 0.25) is 19.6 Å². The number of aromatic amines is 1. The predicted molar refractivity (Wildman–Crippen MR) is 169 cm³/mol. The number of hydrogen-bond donors (Lipinski definition) is 2. The van der Waals surface area contributed by atoms with Crippen molar-refractivity contribution in [2.75, 3.05) is 14.2 Å². The Labute approximate surface area is 249 Å². The summed E-state index contributed by atoms with van der Waals surface area (Å²) in [6.45, 7) is 6.10. The van der Waals surface area contributed by atoms with Gasteiger partial charge in [-0.3, -0.25) is 5.22 Å². The summed E-state index contributed by atoms with van der Waals surface area (Å²) in [6, 6.07) is 15.4. The molecule has 0 unspecified atom stereocenters. The summed E-state index contributed by atoms with van der Waals surface area (Å²) in [5.74, 6) is 7.70. The van der Waals surface area contributed by atoms with Crippen LogP contribution < -0.4 is 9.47 Å². The number of ether oxygens (including phenoxy) is 2. The van der Waals surface area contributed by atoms with Crippen LogP contribution in [-0.2, 0) is 0 Å². The number of thiazole rings is 2. The summed E-state index contributed by atoms with van der Waals surface area (Å²) in [7, 11) is 1.91. The van der Waals surface area contributed by atoms with Crippen LogP contribution in [0.3, 0.4) is 0 Å². The second-order valence-electron chi connectivity index (χ2n) is 8.77. The molecule has 0 saturated carbocycles. The van der Waals surface area contributed by atoms with Gasteiger partial charge >= 0.3 is 0 Å². The standard InChI is InChI=1S/C12H10N4OS.C12H9NOS.C3H10N3Si.CH4/c1-17-9-4-2-8(3-5-9)10-11(15-16-14-10)12-13-6-7-18-12;1-14-11-5-2-10(3-6-11)4-7-12-13-8-9-15-12;1-7(2,3)6-5-4;/h2-7H,1H3,(H,14,15,16);2-3,5-6,8-9H,1H3;1-3H3,(H-,4,6);1H4/q;;-1;. The van der Waals surface area contributed by atoms with Gasteiger partial charge in [-0.15, -0.1) is 22.7 Å². The first-order valence-corrected chi connectivity index (χ1v) is 17.1. The number of methoxy groups -OCH3 is 2. The monoisotopic (exact) mass is 605 g/mol. The molecule has 0 aliphatic rings. The Morgan fingerprint density at radius 3 is 1.90 bits per heavy atom. The average molecular weight is 606 g/mol. The number of hydrogen-bond acceptors (Lipinski definition) is 10. The number of benzene rings is 2. The van der Waals surface area contributed by atoms with E-state index >= 15 is 0 Å².